The number of aromatic nitrogens is 1. The Kier molecular flexibility index (Phi) is 9.28. The molecule has 3 aromatic rings. The summed E-state index contributed by atoms with van der Waals surface area (Å²) in [4.78, 5) is 5.86. The Morgan fingerprint density at radius 3 is 2.31 bits per heavy atom. The van der Waals surface area contributed by atoms with Gasteiger partial charge in [-0.1, -0.05) is 32.0 Å². The fourth-order valence-corrected chi connectivity index (χ4v) is 9.27. The van der Waals surface area contributed by atoms with Gasteiger partial charge in [0, 0.05) is 31.5 Å². The predicted molar refractivity (Wildman–Crippen MR) is 156 cm³/mol. The summed E-state index contributed by atoms with van der Waals surface area (Å²) in [7, 11) is -7.74. The van der Waals surface area contributed by atoms with Crippen molar-refractivity contribution in [1.29, 1.82) is 0 Å². The molecule has 9 nitrogen and oxygen atoms in total. The van der Waals surface area contributed by atoms with Crippen LogP contribution in [-0.4, -0.2) is 75.4 Å². The molecule has 1 fully saturated rings. The molecule has 1 aliphatic heterocycles. The highest BCUT2D eigenvalue weighted by Gasteiger charge is 2.51. The van der Waals surface area contributed by atoms with Crippen molar-refractivity contribution in [3.8, 4) is 0 Å². The topological polar surface area (TPSA) is 111 Å². The van der Waals surface area contributed by atoms with E-state index in [1.165, 1.54) is 51.3 Å². The summed E-state index contributed by atoms with van der Waals surface area (Å²) in [5, 5.41) is 11.8. The van der Waals surface area contributed by atoms with Crippen molar-refractivity contribution in [2.45, 2.75) is 42.8 Å². The van der Waals surface area contributed by atoms with Crippen LogP contribution in [0.3, 0.4) is 0 Å². The molecule has 1 aliphatic rings. The molecule has 0 bridgehead atoms. The van der Waals surface area contributed by atoms with Gasteiger partial charge in [0.2, 0.25) is 10.0 Å². The van der Waals surface area contributed by atoms with E-state index in [0.29, 0.717) is 18.3 Å². The second kappa shape index (κ2) is 12.1. The molecule has 1 N–H and O–H groups in total. The number of sulfonamides is 2. The first-order chi connectivity index (χ1) is 19.5. The normalized spacial score (nSPS) is 18.7. The number of pyridine rings is 1. The summed E-state index contributed by atoms with van der Waals surface area (Å²) in [6.45, 7) is 4.23. The van der Waals surface area contributed by atoms with Crippen LogP contribution in [0, 0.1) is 5.92 Å². The molecular formula is C27H33F3N4O5S3. The largest absolute Gasteiger partial charge is 0.421 e. The molecule has 3 heterocycles. The van der Waals surface area contributed by atoms with Gasteiger partial charge in [0.05, 0.1) is 30.2 Å². The maximum Gasteiger partial charge on any atom is 0.421 e. The third kappa shape index (κ3) is 6.75. The van der Waals surface area contributed by atoms with E-state index in [1.807, 2.05) is 0 Å². The lowest BCUT2D eigenvalue weighted by atomic mass is 9.95. The van der Waals surface area contributed by atoms with E-state index in [-0.39, 0.29) is 47.6 Å². The van der Waals surface area contributed by atoms with E-state index in [1.54, 1.807) is 42.3 Å². The lowest BCUT2D eigenvalue weighted by Crippen LogP contribution is -2.59. The Morgan fingerprint density at radius 1 is 1.07 bits per heavy atom. The van der Waals surface area contributed by atoms with Gasteiger partial charge in [-0.2, -0.15) is 17.5 Å². The molecule has 4 rings (SSSR count). The van der Waals surface area contributed by atoms with Crippen molar-refractivity contribution in [3.05, 3.63) is 71.9 Å². The van der Waals surface area contributed by atoms with Crippen LogP contribution >= 0.6 is 11.3 Å². The predicted octanol–water partition coefficient (Wildman–Crippen LogP) is 4.28. The average molecular weight is 647 g/mol. The number of piperazine rings is 1. The van der Waals surface area contributed by atoms with E-state index < -0.39 is 37.9 Å². The molecule has 230 valence electrons. The molecule has 15 heteroatoms. The lowest BCUT2D eigenvalue weighted by Gasteiger charge is -2.44. The molecule has 2 atom stereocenters. The van der Waals surface area contributed by atoms with Gasteiger partial charge in [0.15, 0.2) is 5.60 Å². The SMILES string of the molecule is CC(C)CS(=O)(=O)N(CC1CN(S(=O)(=O)c2cccs2)CCN1c1ccc(C(C)(O)C(F)(F)F)cc1)c1cccnc1. The minimum Gasteiger partial charge on any atom is -0.376 e. The fourth-order valence-electron chi connectivity index (χ4n) is 4.80. The first-order valence-corrected chi connectivity index (χ1v) is 17.1. The molecule has 1 aromatic carbocycles. The Morgan fingerprint density at radius 2 is 1.76 bits per heavy atom. The van der Waals surface area contributed by atoms with Crippen molar-refractivity contribution in [2.75, 3.05) is 41.1 Å². The van der Waals surface area contributed by atoms with E-state index in [4.69, 9.17) is 0 Å². The van der Waals surface area contributed by atoms with Gasteiger partial charge in [0.25, 0.3) is 10.0 Å². The second-order valence-corrected chi connectivity index (χ2v) is 15.7. The quantitative estimate of drug-likeness (QED) is 0.350. The zero-order valence-electron chi connectivity index (χ0n) is 23.3. The zero-order chi connectivity index (χ0) is 30.9. The number of hydrogen-bond acceptors (Lipinski definition) is 8. The van der Waals surface area contributed by atoms with Crippen LogP contribution in [0.4, 0.5) is 24.5 Å². The highest BCUT2D eigenvalue weighted by molar-refractivity contribution is 7.92. The molecule has 2 aromatic heterocycles. The maximum absolute atomic E-state index is 13.6. The van der Waals surface area contributed by atoms with E-state index in [0.717, 1.165) is 11.3 Å². The van der Waals surface area contributed by atoms with Gasteiger partial charge in [-0.25, -0.2) is 16.8 Å². The Labute approximate surface area is 248 Å². The molecule has 0 saturated carbocycles. The first-order valence-electron chi connectivity index (χ1n) is 13.1. The van der Waals surface area contributed by atoms with Crippen LogP contribution in [0.5, 0.6) is 0 Å². The van der Waals surface area contributed by atoms with E-state index >= 15 is 0 Å². The number of benzene rings is 1. The second-order valence-electron chi connectivity index (χ2n) is 10.7. The Hall–Kier alpha value is -2.72. The van der Waals surface area contributed by atoms with Crippen molar-refractivity contribution < 1.29 is 35.1 Å². The summed E-state index contributed by atoms with van der Waals surface area (Å²) >= 11 is 1.08. The van der Waals surface area contributed by atoms with Gasteiger partial charge in [-0.15, -0.1) is 11.3 Å². The maximum atomic E-state index is 13.6. The Bertz CT molecular complexity index is 1550. The summed E-state index contributed by atoms with van der Waals surface area (Å²) in [5.74, 6) is -0.353. The van der Waals surface area contributed by atoms with Crippen LogP contribution in [0.15, 0.2) is 70.5 Å². The average Bonchev–Trinajstić information content (AvgIpc) is 3.47. The third-order valence-electron chi connectivity index (χ3n) is 7.04. The number of hydrogen-bond donors (Lipinski definition) is 1. The molecule has 0 amide bonds. The van der Waals surface area contributed by atoms with Crippen LogP contribution in [0.25, 0.3) is 0 Å². The minimum atomic E-state index is -4.90. The van der Waals surface area contributed by atoms with E-state index in [9.17, 15) is 35.1 Å². The zero-order valence-corrected chi connectivity index (χ0v) is 25.7. The van der Waals surface area contributed by atoms with Gasteiger partial charge in [-0.05, 0) is 54.1 Å². The van der Waals surface area contributed by atoms with Crippen molar-refractivity contribution >= 4 is 42.8 Å². The molecule has 1 saturated heterocycles. The summed E-state index contributed by atoms with van der Waals surface area (Å²) in [6, 6.07) is 10.8. The number of aliphatic hydroxyl groups is 1. The number of anilines is 2. The first kappa shape index (κ1) is 32.2. The molecular weight excluding hydrogens is 614 g/mol. The van der Waals surface area contributed by atoms with Crippen LogP contribution in [0.2, 0.25) is 0 Å². The van der Waals surface area contributed by atoms with Crippen molar-refractivity contribution in [2.24, 2.45) is 5.92 Å². The summed E-state index contributed by atoms with van der Waals surface area (Å²) < 4.78 is 97.0. The van der Waals surface area contributed by atoms with Gasteiger partial charge in [-0.3, -0.25) is 9.29 Å². The minimum absolute atomic E-state index is 0.0732. The number of thiophene rings is 1. The molecule has 42 heavy (non-hydrogen) atoms. The Balaban J connectivity index is 1.74. The van der Waals surface area contributed by atoms with Crippen LogP contribution < -0.4 is 9.21 Å². The van der Waals surface area contributed by atoms with Gasteiger partial charge in [0.1, 0.15) is 4.21 Å². The molecule has 0 aliphatic carbocycles. The van der Waals surface area contributed by atoms with Crippen molar-refractivity contribution in [1.82, 2.24) is 9.29 Å². The van der Waals surface area contributed by atoms with Gasteiger partial charge < -0.3 is 10.0 Å². The monoisotopic (exact) mass is 646 g/mol. The number of rotatable bonds is 10. The lowest BCUT2D eigenvalue weighted by molar-refractivity contribution is -0.258. The highest BCUT2D eigenvalue weighted by atomic mass is 32.2. The third-order valence-corrected chi connectivity index (χ3v) is 12.4. The molecule has 2 unspecified atom stereocenters. The fraction of sp³-hybridized carbons (Fsp3) is 0.444. The van der Waals surface area contributed by atoms with Crippen LogP contribution in [0.1, 0.15) is 26.3 Å². The number of halogens is 3. The standard InChI is InChI=1S/C27H33F3N4O5S3/c1-20(2)19-41(36,37)34(23-6-4-12-31-16-23)18-24-17-32(42(38,39)25-7-5-15-40-25)13-14-33(24)22-10-8-21(9-11-22)26(3,35)27(28,29)30/h4-12,15-16,20,24,35H,13-14,17-19H2,1-3H3. The van der Waals surface area contributed by atoms with Crippen molar-refractivity contribution in [3.63, 3.8) is 0 Å². The molecule has 0 radical (unpaired) electrons. The smallest absolute Gasteiger partial charge is 0.376 e. The number of nitrogens with zero attached hydrogens (tertiary/aromatic N) is 4. The van der Waals surface area contributed by atoms with Crippen LogP contribution in [-0.2, 0) is 25.6 Å². The number of alkyl halides is 3. The summed E-state index contributed by atoms with van der Waals surface area (Å²) in [5.41, 5.74) is -2.65. The van der Waals surface area contributed by atoms with E-state index in [2.05, 4.69) is 4.98 Å². The van der Waals surface area contributed by atoms with Gasteiger partial charge >= 0.3 is 6.18 Å². The molecule has 0 spiro atoms. The summed E-state index contributed by atoms with van der Waals surface area (Å²) in [6.07, 6.45) is -1.97. The highest BCUT2D eigenvalue weighted by Crippen LogP contribution is 2.39.